The predicted molar refractivity (Wildman–Crippen MR) is 141 cm³/mol. The minimum absolute atomic E-state index is 0.0389. The number of aliphatic hydroxyl groups excluding tert-OH is 1. The number of aliphatic hydroxyl groups is 1. The van der Waals surface area contributed by atoms with Crippen LogP contribution < -0.4 is 10.6 Å². The number of fused-ring (bicyclic) bond motifs is 1. The molecule has 3 N–H and O–H groups in total. The maximum Gasteiger partial charge on any atom is 0.238 e. The Bertz CT molecular complexity index is 1220. The second-order valence-corrected chi connectivity index (χ2v) is 11.6. The Morgan fingerprint density at radius 2 is 1.81 bits per heavy atom. The van der Waals surface area contributed by atoms with Gasteiger partial charge in [0.1, 0.15) is 11.6 Å². The lowest BCUT2D eigenvalue weighted by molar-refractivity contribution is -0.124. The van der Waals surface area contributed by atoms with Crippen LogP contribution in [0.1, 0.15) is 50.2 Å². The van der Waals surface area contributed by atoms with Gasteiger partial charge in [0.2, 0.25) is 11.8 Å². The summed E-state index contributed by atoms with van der Waals surface area (Å²) in [6.07, 6.45) is 1.35. The van der Waals surface area contributed by atoms with Crippen LogP contribution in [0.25, 0.3) is 11.1 Å². The molecule has 2 heterocycles. The van der Waals surface area contributed by atoms with Crippen molar-refractivity contribution in [2.75, 3.05) is 19.0 Å². The summed E-state index contributed by atoms with van der Waals surface area (Å²) in [5, 5.41) is 17.2. The Kier molecular flexibility index (Phi) is 9.31. The summed E-state index contributed by atoms with van der Waals surface area (Å²) in [5.41, 5.74) is 1.83. The molecule has 2 aromatic carbocycles. The lowest BCUT2D eigenvalue weighted by atomic mass is 10.0. The molecule has 0 aliphatic carbocycles. The van der Waals surface area contributed by atoms with Gasteiger partial charge < -0.3 is 24.9 Å². The first-order chi connectivity index (χ1) is 17.8. The molecule has 200 valence electrons. The highest BCUT2D eigenvalue weighted by Crippen LogP contribution is 2.24. The number of carbonyl (C=O) groups is 1. The summed E-state index contributed by atoms with van der Waals surface area (Å²) in [4.78, 5) is 17.9. The lowest BCUT2D eigenvalue weighted by Gasteiger charge is -2.30. The van der Waals surface area contributed by atoms with Gasteiger partial charge in [-0.1, -0.05) is 55.8 Å². The molecular weight excluding hydrogens is 494 g/mol. The van der Waals surface area contributed by atoms with Crippen LogP contribution in [0.2, 0.25) is 0 Å². The number of para-hydroxylation sites is 2. The maximum atomic E-state index is 13.5. The second kappa shape index (κ2) is 12.6. The van der Waals surface area contributed by atoms with Crippen LogP contribution in [0.5, 0.6) is 0 Å². The SMILES string of the molecule is CCCC(NC(=O)[C@H](CS(=O)(=O)Cc1ccccc1)NC1CCOCC1)C(O)c1nc2ccccc2o1. The summed E-state index contributed by atoms with van der Waals surface area (Å²) in [6.45, 7) is 3.05. The van der Waals surface area contributed by atoms with Gasteiger partial charge in [-0.2, -0.15) is 0 Å². The van der Waals surface area contributed by atoms with E-state index in [9.17, 15) is 18.3 Å². The molecular formula is C27H35N3O6S. The van der Waals surface area contributed by atoms with Gasteiger partial charge in [-0.25, -0.2) is 13.4 Å². The van der Waals surface area contributed by atoms with E-state index in [1.807, 2.05) is 25.1 Å². The molecule has 1 aliphatic heterocycles. The number of sulfone groups is 1. The highest BCUT2D eigenvalue weighted by Gasteiger charge is 2.33. The zero-order valence-corrected chi connectivity index (χ0v) is 21.8. The number of rotatable bonds is 12. The van der Waals surface area contributed by atoms with Gasteiger partial charge in [0, 0.05) is 19.3 Å². The fourth-order valence-electron chi connectivity index (χ4n) is 4.58. The number of nitrogens with zero attached hydrogens (tertiary/aromatic N) is 1. The molecule has 0 radical (unpaired) electrons. The van der Waals surface area contributed by atoms with Crippen LogP contribution in [-0.4, -0.2) is 61.5 Å². The summed E-state index contributed by atoms with van der Waals surface area (Å²) in [7, 11) is -3.62. The van der Waals surface area contributed by atoms with E-state index < -0.39 is 33.9 Å². The first-order valence-electron chi connectivity index (χ1n) is 12.8. The van der Waals surface area contributed by atoms with Crippen LogP contribution >= 0.6 is 0 Å². The van der Waals surface area contributed by atoms with Crippen LogP contribution in [0, 0.1) is 0 Å². The number of benzene rings is 2. The first-order valence-corrected chi connectivity index (χ1v) is 14.6. The Balaban J connectivity index is 1.51. The van der Waals surface area contributed by atoms with Crippen molar-refractivity contribution in [1.29, 1.82) is 0 Å². The van der Waals surface area contributed by atoms with Gasteiger partial charge in [-0.05, 0) is 37.0 Å². The molecule has 9 nitrogen and oxygen atoms in total. The standard InChI is InChI=1S/C27H35N3O6S/c1-2-8-22(25(31)27-30-21-11-6-7-12-24(21)36-27)29-26(32)23(28-20-13-15-35-16-14-20)18-37(33,34)17-19-9-4-3-5-10-19/h3-7,9-12,20,22-23,25,28,31H,2,8,13-18H2,1H3,(H,29,32)/t22?,23-,25?/m0/s1. The molecule has 0 spiro atoms. The third-order valence-corrected chi connectivity index (χ3v) is 8.11. The highest BCUT2D eigenvalue weighted by molar-refractivity contribution is 7.90. The van der Waals surface area contributed by atoms with E-state index in [4.69, 9.17) is 9.15 Å². The van der Waals surface area contributed by atoms with E-state index in [0.29, 0.717) is 55.6 Å². The van der Waals surface area contributed by atoms with Crippen molar-refractivity contribution in [3.8, 4) is 0 Å². The van der Waals surface area contributed by atoms with Crippen LogP contribution in [-0.2, 0) is 25.1 Å². The summed E-state index contributed by atoms with van der Waals surface area (Å²) >= 11 is 0. The third kappa shape index (κ3) is 7.61. The van der Waals surface area contributed by atoms with E-state index in [1.165, 1.54) is 0 Å². The minimum Gasteiger partial charge on any atom is -0.438 e. The maximum absolute atomic E-state index is 13.5. The molecule has 3 aromatic rings. The van der Waals surface area contributed by atoms with Crippen molar-refractivity contribution in [3.63, 3.8) is 0 Å². The Labute approximate surface area is 217 Å². The molecule has 1 saturated heterocycles. The molecule has 2 unspecified atom stereocenters. The summed E-state index contributed by atoms with van der Waals surface area (Å²) < 4.78 is 37.4. The van der Waals surface area contributed by atoms with E-state index in [0.717, 1.165) is 0 Å². The fourth-order valence-corrected chi connectivity index (χ4v) is 6.15. The van der Waals surface area contributed by atoms with Crippen LogP contribution in [0.15, 0.2) is 59.0 Å². The van der Waals surface area contributed by atoms with Gasteiger partial charge in [-0.15, -0.1) is 0 Å². The van der Waals surface area contributed by atoms with Crippen LogP contribution in [0.3, 0.4) is 0 Å². The fraction of sp³-hybridized carbons (Fsp3) is 0.481. The smallest absolute Gasteiger partial charge is 0.238 e. The quantitative estimate of drug-likeness (QED) is 0.327. The van der Waals surface area contributed by atoms with Crippen molar-refractivity contribution in [2.24, 2.45) is 0 Å². The highest BCUT2D eigenvalue weighted by atomic mass is 32.2. The number of hydrogen-bond acceptors (Lipinski definition) is 8. The lowest BCUT2D eigenvalue weighted by Crippen LogP contribution is -2.55. The molecule has 3 atom stereocenters. The molecule has 1 aliphatic rings. The van der Waals surface area contributed by atoms with Gasteiger partial charge in [-0.3, -0.25) is 4.79 Å². The first kappa shape index (κ1) is 27.3. The zero-order chi connectivity index (χ0) is 26.3. The average molecular weight is 530 g/mol. The van der Waals surface area contributed by atoms with Crippen molar-refractivity contribution in [2.45, 2.75) is 62.6 Å². The number of carbonyl (C=O) groups excluding carboxylic acids is 1. The normalized spacial score (nSPS) is 17.4. The number of oxazole rings is 1. The predicted octanol–water partition coefficient (Wildman–Crippen LogP) is 2.90. The topological polar surface area (TPSA) is 131 Å². The van der Waals surface area contributed by atoms with E-state index >= 15 is 0 Å². The molecule has 37 heavy (non-hydrogen) atoms. The summed E-state index contributed by atoms with van der Waals surface area (Å²) in [5.74, 6) is -0.873. The van der Waals surface area contributed by atoms with Gasteiger partial charge >= 0.3 is 0 Å². The Morgan fingerprint density at radius 3 is 2.51 bits per heavy atom. The Hall–Kier alpha value is -2.79. The minimum atomic E-state index is -3.62. The number of ether oxygens (including phenoxy) is 1. The van der Waals surface area contributed by atoms with Gasteiger partial charge in [0.25, 0.3) is 0 Å². The summed E-state index contributed by atoms with van der Waals surface area (Å²) in [6, 6.07) is 14.4. The number of amides is 1. The largest absolute Gasteiger partial charge is 0.438 e. The average Bonchev–Trinajstić information content (AvgIpc) is 3.33. The van der Waals surface area contributed by atoms with Crippen molar-refractivity contribution in [3.05, 3.63) is 66.1 Å². The monoisotopic (exact) mass is 529 g/mol. The van der Waals surface area contributed by atoms with Gasteiger partial charge in [0.15, 0.2) is 21.5 Å². The molecule has 10 heteroatoms. The molecule has 1 fully saturated rings. The van der Waals surface area contributed by atoms with Gasteiger partial charge in [0.05, 0.1) is 17.5 Å². The Morgan fingerprint density at radius 1 is 1.11 bits per heavy atom. The van der Waals surface area contributed by atoms with E-state index in [1.54, 1.807) is 36.4 Å². The van der Waals surface area contributed by atoms with Crippen molar-refractivity contribution in [1.82, 2.24) is 15.6 Å². The van der Waals surface area contributed by atoms with Crippen molar-refractivity contribution >= 4 is 26.8 Å². The number of hydrogen-bond donors (Lipinski definition) is 3. The molecule has 0 bridgehead atoms. The third-order valence-electron chi connectivity index (χ3n) is 6.50. The van der Waals surface area contributed by atoms with Crippen molar-refractivity contribution < 1.29 is 27.5 Å². The van der Waals surface area contributed by atoms with E-state index in [-0.39, 0.29) is 23.4 Å². The van der Waals surface area contributed by atoms with E-state index in [2.05, 4.69) is 15.6 Å². The molecule has 1 amide bonds. The number of aromatic nitrogens is 1. The second-order valence-electron chi connectivity index (χ2n) is 9.51. The number of nitrogens with one attached hydrogen (secondary N) is 2. The molecule has 0 saturated carbocycles. The van der Waals surface area contributed by atoms with Crippen LogP contribution in [0.4, 0.5) is 0 Å². The molecule has 4 rings (SSSR count). The molecule has 1 aromatic heterocycles. The zero-order valence-electron chi connectivity index (χ0n) is 21.0.